The van der Waals surface area contributed by atoms with E-state index in [4.69, 9.17) is 14.5 Å². The van der Waals surface area contributed by atoms with Gasteiger partial charge >= 0.3 is 0 Å². The number of fused-ring (bicyclic) bond motifs is 1. The minimum absolute atomic E-state index is 0.154. The molecule has 2 aromatic carbocycles. The van der Waals surface area contributed by atoms with Crippen molar-refractivity contribution in [3.8, 4) is 5.75 Å². The summed E-state index contributed by atoms with van der Waals surface area (Å²) in [6, 6.07) is 13.9. The van der Waals surface area contributed by atoms with Crippen molar-refractivity contribution in [1.29, 1.82) is 0 Å². The number of hydrogen-bond donors (Lipinski definition) is 2. The van der Waals surface area contributed by atoms with Crippen molar-refractivity contribution in [3.05, 3.63) is 65.4 Å². The molecule has 180 valence electrons. The van der Waals surface area contributed by atoms with Gasteiger partial charge in [0.1, 0.15) is 12.4 Å². The summed E-state index contributed by atoms with van der Waals surface area (Å²) in [6.07, 6.45) is 6.45. The number of rotatable bonds is 10. The van der Waals surface area contributed by atoms with Gasteiger partial charge in [-0.05, 0) is 80.1 Å². The zero-order valence-electron chi connectivity index (χ0n) is 20.4. The minimum atomic E-state index is -0.154. The van der Waals surface area contributed by atoms with Gasteiger partial charge in [-0.1, -0.05) is 19.9 Å². The van der Waals surface area contributed by atoms with E-state index in [2.05, 4.69) is 30.5 Å². The van der Waals surface area contributed by atoms with E-state index in [0.29, 0.717) is 18.2 Å². The largest absolute Gasteiger partial charge is 0.491 e. The second-order valence-corrected chi connectivity index (χ2v) is 8.97. The maximum atomic E-state index is 12.8. The molecule has 1 fully saturated rings. The zero-order chi connectivity index (χ0) is 23.9. The summed E-state index contributed by atoms with van der Waals surface area (Å²) in [7, 11) is 0. The summed E-state index contributed by atoms with van der Waals surface area (Å²) in [5, 5.41) is 7.69. The Morgan fingerprint density at radius 3 is 2.68 bits per heavy atom. The second kappa shape index (κ2) is 11.4. The number of nitrogens with zero attached hydrogens (tertiary/aromatic N) is 1. The Balaban J connectivity index is 1.39. The number of benzene rings is 2. The van der Waals surface area contributed by atoms with Crippen molar-refractivity contribution >= 4 is 22.5 Å². The van der Waals surface area contributed by atoms with E-state index in [1.807, 2.05) is 37.4 Å². The average molecular weight is 462 g/mol. The predicted octanol–water partition coefficient (Wildman–Crippen LogP) is 5.63. The van der Waals surface area contributed by atoms with Crippen LogP contribution in [0.4, 0.5) is 5.69 Å². The molecule has 0 bridgehead atoms. The number of carbonyl (C=O) groups excluding carboxylic acids is 1. The highest BCUT2D eigenvalue weighted by atomic mass is 16.5. The molecule has 0 radical (unpaired) electrons. The summed E-state index contributed by atoms with van der Waals surface area (Å²) < 4.78 is 11.4. The Labute approximate surface area is 202 Å². The highest BCUT2D eigenvalue weighted by Gasteiger charge is 2.16. The van der Waals surface area contributed by atoms with Crippen LogP contribution < -0.4 is 15.4 Å². The number of ether oxygens (including phenoxy) is 2. The highest BCUT2D eigenvalue weighted by Crippen LogP contribution is 2.25. The van der Waals surface area contributed by atoms with E-state index >= 15 is 0 Å². The second-order valence-electron chi connectivity index (χ2n) is 8.97. The molecule has 3 aromatic rings. The van der Waals surface area contributed by atoms with Gasteiger partial charge in [-0.2, -0.15) is 0 Å². The van der Waals surface area contributed by atoms with Crippen molar-refractivity contribution in [2.75, 3.05) is 18.5 Å². The topological polar surface area (TPSA) is 72.5 Å². The third kappa shape index (κ3) is 5.93. The van der Waals surface area contributed by atoms with E-state index in [1.165, 1.54) is 0 Å². The lowest BCUT2D eigenvalue weighted by Gasteiger charge is -2.15. The lowest BCUT2D eigenvalue weighted by Crippen LogP contribution is -2.27. The standard InChI is InChI=1S/C28H35N3O3/c1-4-23(5-2)29-16-20-15-22-10-13-26(19(3)27(22)30-17-20)31-28(32)21-8-11-24(12-9-21)34-18-25-7-6-14-33-25/h8-13,15,17,23,25,29H,4-7,14,16,18H2,1-3H3,(H,31,32). The first-order chi connectivity index (χ1) is 16.6. The number of aryl methyl sites for hydroxylation is 1. The maximum absolute atomic E-state index is 12.8. The van der Waals surface area contributed by atoms with Crippen LogP contribution in [0.25, 0.3) is 10.9 Å². The molecule has 1 aliphatic rings. The third-order valence-electron chi connectivity index (χ3n) is 6.57. The first-order valence-corrected chi connectivity index (χ1v) is 12.3. The van der Waals surface area contributed by atoms with Gasteiger partial charge in [0.05, 0.1) is 11.6 Å². The molecule has 1 atom stereocenters. The van der Waals surface area contributed by atoms with Crippen LogP contribution in [0.15, 0.2) is 48.7 Å². The Morgan fingerprint density at radius 1 is 1.18 bits per heavy atom. The smallest absolute Gasteiger partial charge is 0.255 e. The average Bonchev–Trinajstić information content (AvgIpc) is 3.39. The van der Waals surface area contributed by atoms with Gasteiger partial charge in [-0.3, -0.25) is 9.78 Å². The molecule has 2 heterocycles. The van der Waals surface area contributed by atoms with Crippen LogP contribution in [0.5, 0.6) is 5.75 Å². The number of anilines is 1. The number of nitrogens with one attached hydrogen (secondary N) is 2. The predicted molar refractivity (Wildman–Crippen MR) is 137 cm³/mol. The van der Waals surface area contributed by atoms with E-state index in [-0.39, 0.29) is 12.0 Å². The van der Waals surface area contributed by atoms with E-state index in [1.54, 1.807) is 12.1 Å². The van der Waals surface area contributed by atoms with E-state index < -0.39 is 0 Å². The first-order valence-electron chi connectivity index (χ1n) is 12.3. The van der Waals surface area contributed by atoms with Crippen LogP contribution in [0.3, 0.4) is 0 Å². The van der Waals surface area contributed by atoms with E-state index in [9.17, 15) is 4.79 Å². The van der Waals surface area contributed by atoms with Gasteiger partial charge in [0, 0.05) is 42.0 Å². The van der Waals surface area contributed by atoms with Crippen molar-refractivity contribution in [2.45, 2.75) is 65.1 Å². The molecule has 6 heteroatoms. The van der Waals surface area contributed by atoms with Crippen molar-refractivity contribution in [3.63, 3.8) is 0 Å². The van der Waals surface area contributed by atoms with Crippen molar-refractivity contribution < 1.29 is 14.3 Å². The minimum Gasteiger partial charge on any atom is -0.491 e. The molecular formula is C28H35N3O3. The third-order valence-corrected chi connectivity index (χ3v) is 6.57. The number of aromatic nitrogens is 1. The quantitative estimate of drug-likeness (QED) is 0.409. The molecule has 1 amide bonds. The Kier molecular flexibility index (Phi) is 8.14. The van der Waals surface area contributed by atoms with Crippen LogP contribution in [-0.4, -0.2) is 36.3 Å². The molecule has 6 nitrogen and oxygen atoms in total. The monoisotopic (exact) mass is 461 g/mol. The summed E-state index contributed by atoms with van der Waals surface area (Å²) in [5.74, 6) is 0.590. The van der Waals surface area contributed by atoms with Crippen LogP contribution in [0.2, 0.25) is 0 Å². The molecule has 2 N–H and O–H groups in total. The van der Waals surface area contributed by atoms with Crippen LogP contribution in [0.1, 0.15) is 61.0 Å². The van der Waals surface area contributed by atoms with Gasteiger partial charge < -0.3 is 20.1 Å². The van der Waals surface area contributed by atoms with Gasteiger partial charge in [0.25, 0.3) is 5.91 Å². The Morgan fingerprint density at radius 2 is 1.97 bits per heavy atom. The van der Waals surface area contributed by atoms with Gasteiger partial charge in [0.2, 0.25) is 0 Å². The van der Waals surface area contributed by atoms with Gasteiger partial charge in [-0.15, -0.1) is 0 Å². The van der Waals surface area contributed by atoms with Crippen LogP contribution in [-0.2, 0) is 11.3 Å². The molecule has 4 rings (SSSR count). The lowest BCUT2D eigenvalue weighted by atomic mass is 10.1. The summed E-state index contributed by atoms with van der Waals surface area (Å²) >= 11 is 0. The van der Waals surface area contributed by atoms with Crippen LogP contribution in [0, 0.1) is 6.92 Å². The molecule has 1 aliphatic heterocycles. The molecule has 34 heavy (non-hydrogen) atoms. The fourth-order valence-electron chi connectivity index (χ4n) is 4.33. The van der Waals surface area contributed by atoms with Crippen molar-refractivity contribution in [2.24, 2.45) is 0 Å². The molecule has 1 saturated heterocycles. The first kappa shape index (κ1) is 24.2. The summed E-state index contributed by atoms with van der Waals surface area (Å²) in [5.41, 5.74) is 4.38. The number of amides is 1. The molecule has 0 spiro atoms. The highest BCUT2D eigenvalue weighted by molar-refractivity contribution is 6.06. The normalized spacial score (nSPS) is 15.7. The maximum Gasteiger partial charge on any atom is 0.255 e. The van der Waals surface area contributed by atoms with Gasteiger partial charge in [-0.25, -0.2) is 0 Å². The van der Waals surface area contributed by atoms with Crippen molar-refractivity contribution in [1.82, 2.24) is 10.3 Å². The summed E-state index contributed by atoms with van der Waals surface area (Å²) in [6.45, 7) is 8.56. The SMILES string of the molecule is CCC(CC)NCc1cnc2c(C)c(NC(=O)c3ccc(OCC4CCCO4)cc3)ccc2c1. The fraction of sp³-hybridized carbons (Fsp3) is 0.429. The fourth-order valence-corrected chi connectivity index (χ4v) is 4.33. The van der Waals surface area contributed by atoms with E-state index in [0.717, 1.165) is 72.3 Å². The molecule has 0 saturated carbocycles. The van der Waals surface area contributed by atoms with Crippen LogP contribution >= 0.6 is 0 Å². The number of hydrogen-bond acceptors (Lipinski definition) is 5. The molecule has 1 aromatic heterocycles. The number of carbonyl (C=O) groups is 1. The number of pyridine rings is 1. The molecule has 0 aliphatic carbocycles. The Bertz CT molecular complexity index is 1100. The zero-order valence-corrected chi connectivity index (χ0v) is 20.4. The molecule has 1 unspecified atom stereocenters. The Hall–Kier alpha value is -2.96. The molecular weight excluding hydrogens is 426 g/mol. The lowest BCUT2D eigenvalue weighted by molar-refractivity contribution is 0.0679. The summed E-state index contributed by atoms with van der Waals surface area (Å²) in [4.78, 5) is 17.5. The van der Waals surface area contributed by atoms with Gasteiger partial charge in [0.15, 0.2) is 0 Å².